The summed E-state index contributed by atoms with van der Waals surface area (Å²) in [6, 6.07) is 8.11. The van der Waals surface area contributed by atoms with Crippen molar-refractivity contribution >= 4 is 5.97 Å². The van der Waals surface area contributed by atoms with Crippen molar-refractivity contribution < 1.29 is 9.53 Å². The van der Waals surface area contributed by atoms with Gasteiger partial charge in [0.25, 0.3) is 0 Å². The largest absolute Gasteiger partial charge is 0.427 e. The topological polar surface area (TPSA) is 26.3 Å². The van der Waals surface area contributed by atoms with Gasteiger partial charge in [-0.3, -0.25) is 4.79 Å². The van der Waals surface area contributed by atoms with Crippen molar-refractivity contribution in [1.29, 1.82) is 0 Å². The van der Waals surface area contributed by atoms with Crippen LogP contribution in [-0.4, -0.2) is 5.97 Å². The lowest BCUT2D eigenvalue weighted by molar-refractivity contribution is -0.134. The Morgan fingerprint density at radius 2 is 1.11 bits per heavy atom. The number of rotatable bonds is 18. The van der Waals surface area contributed by atoms with Crippen molar-refractivity contribution in [2.24, 2.45) is 0 Å². The molecule has 0 heterocycles. The molecule has 0 fully saturated rings. The Hall–Kier alpha value is -1.31. The Labute approximate surface area is 174 Å². The molecule has 1 rings (SSSR count). The Morgan fingerprint density at radius 3 is 1.64 bits per heavy atom. The van der Waals surface area contributed by atoms with Gasteiger partial charge in [0.2, 0.25) is 0 Å². The molecule has 1 aromatic carbocycles. The van der Waals surface area contributed by atoms with Crippen molar-refractivity contribution in [2.45, 2.75) is 123 Å². The Kier molecular flexibility index (Phi) is 15.7. The number of hydrogen-bond donors (Lipinski definition) is 0. The quantitative estimate of drug-likeness (QED) is 0.143. The van der Waals surface area contributed by atoms with Gasteiger partial charge >= 0.3 is 5.97 Å². The molecule has 0 saturated carbocycles. The SMILES string of the molecule is CCCCCCCCCCc1ccc(OC(=O)CCCCCCCCC)cc1. The van der Waals surface area contributed by atoms with Crippen LogP contribution in [0.4, 0.5) is 0 Å². The van der Waals surface area contributed by atoms with E-state index in [1.54, 1.807) is 0 Å². The van der Waals surface area contributed by atoms with E-state index in [1.165, 1.54) is 89.0 Å². The third kappa shape index (κ3) is 13.8. The maximum Gasteiger partial charge on any atom is 0.311 e. The molecule has 2 heteroatoms. The summed E-state index contributed by atoms with van der Waals surface area (Å²) in [6.45, 7) is 4.50. The fraction of sp³-hybridized carbons (Fsp3) is 0.731. The molecular formula is C26H44O2. The number of ether oxygens (including phenoxy) is 1. The van der Waals surface area contributed by atoms with Crippen LogP contribution in [0.25, 0.3) is 0 Å². The van der Waals surface area contributed by atoms with Crippen LogP contribution in [0.2, 0.25) is 0 Å². The Balaban J connectivity index is 2.06. The summed E-state index contributed by atoms with van der Waals surface area (Å²) in [7, 11) is 0. The molecule has 160 valence electrons. The van der Waals surface area contributed by atoms with Crippen LogP contribution >= 0.6 is 0 Å². The first kappa shape index (κ1) is 24.7. The smallest absolute Gasteiger partial charge is 0.311 e. The minimum Gasteiger partial charge on any atom is -0.427 e. The molecule has 0 radical (unpaired) electrons. The van der Waals surface area contributed by atoms with E-state index < -0.39 is 0 Å². The van der Waals surface area contributed by atoms with Crippen LogP contribution in [0.1, 0.15) is 122 Å². The maximum absolute atomic E-state index is 11.9. The Bertz CT molecular complexity index is 478. The lowest BCUT2D eigenvalue weighted by atomic mass is 10.0. The third-order valence-electron chi connectivity index (χ3n) is 5.46. The molecular weight excluding hydrogens is 344 g/mol. The van der Waals surface area contributed by atoms with Crippen LogP contribution < -0.4 is 4.74 Å². The highest BCUT2D eigenvalue weighted by Crippen LogP contribution is 2.17. The summed E-state index contributed by atoms with van der Waals surface area (Å²) < 4.78 is 5.47. The van der Waals surface area contributed by atoms with Gasteiger partial charge < -0.3 is 4.74 Å². The van der Waals surface area contributed by atoms with Crippen molar-refractivity contribution in [3.8, 4) is 5.75 Å². The van der Waals surface area contributed by atoms with Crippen molar-refractivity contribution in [3.63, 3.8) is 0 Å². The summed E-state index contributed by atoms with van der Waals surface area (Å²) in [4.78, 5) is 11.9. The molecule has 0 amide bonds. The summed E-state index contributed by atoms with van der Waals surface area (Å²) >= 11 is 0. The van der Waals surface area contributed by atoms with E-state index in [0.717, 1.165) is 19.3 Å². The zero-order valence-electron chi connectivity index (χ0n) is 18.6. The van der Waals surface area contributed by atoms with E-state index in [4.69, 9.17) is 4.74 Å². The fourth-order valence-electron chi connectivity index (χ4n) is 3.60. The maximum atomic E-state index is 11.9. The third-order valence-corrected chi connectivity index (χ3v) is 5.46. The van der Waals surface area contributed by atoms with E-state index in [1.807, 2.05) is 12.1 Å². The fourth-order valence-corrected chi connectivity index (χ4v) is 3.60. The zero-order valence-corrected chi connectivity index (χ0v) is 18.6. The average molecular weight is 389 g/mol. The number of hydrogen-bond acceptors (Lipinski definition) is 2. The molecule has 0 bridgehead atoms. The molecule has 0 saturated heterocycles. The van der Waals surface area contributed by atoms with Crippen molar-refractivity contribution in [1.82, 2.24) is 0 Å². The molecule has 1 aromatic rings. The number of esters is 1. The lowest BCUT2D eigenvalue weighted by Crippen LogP contribution is -2.07. The highest BCUT2D eigenvalue weighted by molar-refractivity contribution is 5.72. The molecule has 0 aliphatic carbocycles. The number of aryl methyl sites for hydroxylation is 1. The van der Waals surface area contributed by atoms with Gasteiger partial charge in [-0.2, -0.15) is 0 Å². The van der Waals surface area contributed by atoms with Gasteiger partial charge in [-0.05, 0) is 37.0 Å². The van der Waals surface area contributed by atoms with Crippen molar-refractivity contribution in [2.75, 3.05) is 0 Å². The van der Waals surface area contributed by atoms with Crippen LogP contribution in [0.15, 0.2) is 24.3 Å². The number of carbonyl (C=O) groups excluding carboxylic acids is 1. The number of benzene rings is 1. The van der Waals surface area contributed by atoms with E-state index in [0.29, 0.717) is 12.2 Å². The first-order valence-corrected chi connectivity index (χ1v) is 12.1. The highest BCUT2D eigenvalue weighted by atomic mass is 16.5. The Morgan fingerprint density at radius 1 is 0.643 bits per heavy atom. The lowest BCUT2D eigenvalue weighted by Gasteiger charge is -2.06. The summed E-state index contributed by atoms with van der Waals surface area (Å²) in [5.41, 5.74) is 1.35. The molecule has 28 heavy (non-hydrogen) atoms. The van der Waals surface area contributed by atoms with Gasteiger partial charge in [0.1, 0.15) is 5.75 Å². The van der Waals surface area contributed by atoms with E-state index in [-0.39, 0.29) is 5.97 Å². The molecule has 0 N–H and O–H groups in total. The summed E-state index contributed by atoms with van der Waals surface area (Å²) in [6.07, 6.45) is 21.0. The highest BCUT2D eigenvalue weighted by Gasteiger charge is 2.05. The van der Waals surface area contributed by atoms with Gasteiger partial charge in [-0.1, -0.05) is 109 Å². The van der Waals surface area contributed by atoms with Crippen LogP contribution in [0, 0.1) is 0 Å². The van der Waals surface area contributed by atoms with Gasteiger partial charge in [0.15, 0.2) is 0 Å². The first-order chi connectivity index (χ1) is 13.8. The minimum absolute atomic E-state index is 0.0932. The van der Waals surface area contributed by atoms with Gasteiger partial charge in [-0.25, -0.2) is 0 Å². The number of carbonyl (C=O) groups is 1. The summed E-state index contributed by atoms with van der Waals surface area (Å²) in [5.74, 6) is 0.594. The zero-order chi connectivity index (χ0) is 20.3. The molecule has 0 aromatic heterocycles. The molecule has 0 aliphatic rings. The van der Waals surface area contributed by atoms with Crippen LogP contribution in [0.3, 0.4) is 0 Å². The standard InChI is InChI=1S/C26H44O2/c1-3-5-7-9-11-13-14-16-18-24-20-22-25(23-21-24)28-26(27)19-17-15-12-10-8-6-4-2/h20-23H,3-19H2,1-2H3. The monoisotopic (exact) mass is 388 g/mol. The average Bonchev–Trinajstić information content (AvgIpc) is 2.70. The van der Waals surface area contributed by atoms with Crippen molar-refractivity contribution in [3.05, 3.63) is 29.8 Å². The second kappa shape index (κ2) is 17.8. The molecule has 0 atom stereocenters. The first-order valence-electron chi connectivity index (χ1n) is 12.1. The van der Waals surface area contributed by atoms with E-state index in [2.05, 4.69) is 26.0 Å². The molecule has 0 spiro atoms. The van der Waals surface area contributed by atoms with Crippen LogP contribution in [0.5, 0.6) is 5.75 Å². The molecule has 2 nitrogen and oxygen atoms in total. The van der Waals surface area contributed by atoms with E-state index >= 15 is 0 Å². The molecule has 0 unspecified atom stereocenters. The predicted molar refractivity (Wildman–Crippen MR) is 121 cm³/mol. The van der Waals surface area contributed by atoms with E-state index in [9.17, 15) is 4.79 Å². The van der Waals surface area contributed by atoms with Gasteiger partial charge in [0.05, 0.1) is 0 Å². The second-order valence-corrected chi connectivity index (χ2v) is 8.21. The van der Waals surface area contributed by atoms with Gasteiger partial charge in [-0.15, -0.1) is 0 Å². The summed E-state index contributed by atoms with van der Waals surface area (Å²) in [5, 5.41) is 0. The molecule has 0 aliphatic heterocycles. The van der Waals surface area contributed by atoms with Crippen LogP contribution in [-0.2, 0) is 11.2 Å². The van der Waals surface area contributed by atoms with Gasteiger partial charge in [0, 0.05) is 6.42 Å². The number of unbranched alkanes of at least 4 members (excludes halogenated alkanes) is 13. The second-order valence-electron chi connectivity index (χ2n) is 8.21. The predicted octanol–water partition coefficient (Wildman–Crippen LogP) is 8.42. The minimum atomic E-state index is -0.0932. The normalized spacial score (nSPS) is 10.9.